The maximum atomic E-state index is 5.79. The molecule has 0 aliphatic carbocycles. The zero-order valence-corrected chi connectivity index (χ0v) is 10.3. The van der Waals surface area contributed by atoms with Crippen molar-refractivity contribution in [3.8, 4) is 0 Å². The van der Waals surface area contributed by atoms with Crippen molar-refractivity contribution in [3.05, 3.63) is 42.0 Å². The number of hydrogen-bond acceptors (Lipinski definition) is 2. The van der Waals surface area contributed by atoms with Crippen molar-refractivity contribution in [2.45, 2.75) is 31.2 Å². The second-order valence-corrected chi connectivity index (χ2v) is 5.08. The van der Waals surface area contributed by atoms with Crippen LogP contribution in [0.25, 0.3) is 0 Å². The monoisotopic (exact) mass is 221 g/mol. The van der Waals surface area contributed by atoms with Gasteiger partial charge in [-0.25, -0.2) is 0 Å². The van der Waals surface area contributed by atoms with Crippen molar-refractivity contribution in [1.29, 1.82) is 0 Å². The Morgan fingerprint density at radius 1 is 1.40 bits per heavy atom. The van der Waals surface area contributed by atoms with Gasteiger partial charge in [0.25, 0.3) is 0 Å². The van der Waals surface area contributed by atoms with Crippen LogP contribution in [0, 0.1) is 0 Å². The average Bonchev–Trinajstić information content (AvgIpc) is 2.18. The Balaban J connectivity index is 2.46. The molecule has 0 aromatic heterocycles. The highest BCUT2D eigenvalue weighted by Gasteiger charge is 1.99. The van der Waals surface area contributed by atoms with Crippen LogP contribution in [0.15, 0.2) is 41.3 Å². The van der Waals surface area contributed by atoms with E-state index in [1.807, 2.05) is 18.7 Å². The van der Waals surface area contributed by atoms with Crippen molar-refractivity contribution in [3.63, 3.8) is 0 Å². The molecule has 1 aromatic carbocycles. The predicted molar refractivity (Wildman–Crippen MR) is 69.2 cm³/mol. The van der Waals surface area contributed by atoms with Crippen molar-refractivity contribution >= 4 is 11.8 Å². The van der Waals surface area contributed by atoms with Gasteiger partial charge in [0, 0.05) is 16.7 Å². The van der Waals surface area contributed by atoms with Gasteiger partial charge in [-0.2, -0.15) is 0 Å². The molecular formula is C13H19NS. The van der Waals surface area contributed by atoms with Crippen LogP contribution in [0.4, 0.5) is 0 Å². The topological polar surface area (TPSA) is 26.0 Å². The standard InChI is InChI=1S/C13H19NS/c1-10(2)8-9-15-13-6-4-12(5-7-13)11(3)14/h4-7,11H,1,8-9,14H2,2-3H3. The molecule has 0 saturated carbocycles. The van der Waals surface area contributed by atoms with Gasteiger partial charge in [0.15, 0.2) is 0 Å². The Hall–Kier alpha value is -0.730. The SMILES string of the molecule is C=C(C)CCSc1ccc(C(C)N)cc1. The van der Waals surface area contributed by atoms with Crippen molar-refractivity contribution in [2.75, 3.05) is 5.75 Å². The largest absolute Gasteiger partial charge is 0.324 e. The molecule has 2 heteroatoms. The average molecular weight is 221 g/mol. The van der Waals surface area contributed by atoms with Crippen LogP contribution in [0.3, 0.4) is 0 Å². The first-order valence-electron chi connectivity index (χ1n) is 5.22. The Bertz CT molecular complexity index is 314. The van der Waals surface area contributed by atoms with Crippen LogP contribution in [0.1, 0.15) is 31.9 Å². The number of benzene rings is 1. The maximum absolute atomic E-state index is 5.79. The molecule has 1 unspecified atom stereocenters. The van der Waals surface area contributed by atoms with Crippen LogP contribution >= 0.6 is 11.8 Å². The highest BCUT2D eigenvalue weighted by atomic mass is 32.2. The molecule has 0 heterocycles. The minimum atomic E-state index is 0.125. The minimum absolute atomic E-state index is 0.125. The second-order valence-electron chi connectivity index (χ2n) is 3.91. The van der Waals surface area contributed by atoms with Gasteiger partial charge in [-0.3, -0.25) is 0 Å². The summed E-state index contributed by atoms with van der Waals surface area (Å²) in [4.78, 5) is 1.31. The molecule has 0 aliphatic rings. The third kappa shape index (κ3) is 4.54. The van der Waals surface area contributed by atoms with Gasteiger partial charge in [-0.1, -0.05) is 17.7 Å². The molecule has 0 radical (unpaired) electrons. The van der Waals surface area contributed by atoms with E-state index in [1.54, 1.807) is 0 Å². The van der Waals surface area contributed by atoms with Gasteiger partial charge in [0.1, 0.15) is 0 Å². The molecule has 0 fully saturated rings. The molecule has 1 nitrogen and oxygen atoms in total. The van der Waals surface area contributed by atoms with E-state index in [0.717, 1.165) is 12.2 Å². The summed E-state index contributed by atoms with van der Waals surface area (Å²) in [5.41, 5.74) is 8.22. The Morgan fingerprint density at radius 2 is 2.00 bits per heavy atom. The van der Waals surface area contributed by atoms with Gasteiger partial charge in [0.2, 0.25) is 0 Å². The summed E-state index contributed by atoms with van der Waals surface area (Å²) in [7, 11) is 0. The third-order valence-electron chi connectivity index (χ3n) is 2.20. The van der Waals surface area contributed by atoms with Gasteiger partial charge in [0.05, 0.1) is 0 Å². The van der Waals surface area contributed by atoms with Gasteiger partial charge in [-0.05, 0) is 38.0 Å². The summed E-state index contributed by atoms with van der Waals surface area (Å²) < 4.78 is 0. The Labute approximate surface area is 96.8 Å². The first kappa shape index (κ1) is 12.3. The minimum Gasteiger partial charge on any atom is -0.324 e. The lowest BCUT2D eigenvalue weighted by atomic mass is 10.1. The van der Waals surface area contributed by atoms with E-state index in [1.165, 1.54) is 16.0 Å². The van der Waals surface area contributed by atoms with Crippen molar-refractivity contribution < 1.29 is 0 Å². The molecule has 1 aromatic rings. The molecule has 1 atom stereocenters. The van der Waals surface area contributed by atoms with Gasteiger partial charge >= 0.3 is 0 Å². The molecule has 1 rings (SSSR count). The Morgan fingerprint density at radius 3 is 2.47 bits per heavy atom. The summed E-state index contributed by atoms with van der Waals surface area (Å²) in [5, 5.41) is 0. The van der Waals surface area contributed by atoms with E-state index in [-0.39, 0.29) is 6.04 Å². The zero-order valence-electron chi connectivity index (χ0n) is 9.49. The van der Waals surface area contributed by atoms with E-state index in [4.69, 9.17) is 5.73 Å². The van der Waals surface area contributed by atoms with Crippen LogP contribution in [-0.2, 0) is 0 Å². The van der Waals surface area contributed by atoms with Crippen molar-refractivity contribution in [1.82, 2.24) is 0 Å². The van der Waals surface area contributed by atoms with E-state index in [2.05, 4.69) is 37.8 Å². The zero-order chi connectivity index (χ0) is 11.3. The first-order valence-corrected chi connectivity index (χ1v) is 6.21. The highest BCUT2D eigenvalue weighted by Crippen LogP contribution is 2.21. The van der Waals surface area contributed by atoms with Crippen LogP contribution in [0.2, 0.25) is 0 Å². The fraction of sp³-hybridized carbons (Fsp3) is 0.385. The predicted octanol–water partition coefficient (Wildman–Crippen LogP) is 3.76. The molecule has 82 valence electrons. The van der Waals surface area contributed by atoms with E-state index in [0.29, 0.717) is 0 Å². The lowest BCUT2D eigenvalue weighted by molar-refractivity contribution is 0.817. The number of nitrogens with two attached hydrogens (primary N) is 1. The number of thioether (sulfide) groups is 1. The molecular weight excluding hydrogens is 202 g/mol. The van der Waals surface area contributed by atoms with Gasteiger partial charge in [-0.15, -0.1) is 18.3 Å². The molecule has 0 bridgehead atoms. The van der Waals surface area contributed by atoms with Crippen LogP contribution < -0.4 is 5.73 Å². The Kier molecular flexibility index (Phi) is 4.92. The van der Waals surface area contributed by atoms with E-state index < -0.39 is 0 Å². The summed E-state index contributed by atoms with van der Waals surface area (Å²) in [6, 6.07) is 8.62. The number of rotatable bonds is 5. The highest BCUT2D eigenvalue weighted by molar-refractivity contribution is 7.99. The summed E-state index contributed by atoms with van der Waals surface area (Å²) in [5.74, 6) is 1.10. The molecule has 0 saturated heterocycles. The third-order valence-corrected chi connectivity index (χ3v) is 3.22. The fourth-order valence-corrected chi connectivity index (χ4v) is 2.23. The van der Waals surface area contributed by atoms with Crippen LogP contribution in [-0.4, -0.2) is 5.75 Å². The number of allylic oxidation sites excluding steroid dienone is 1. The molecule has 0 amide bonds. The fourth-order valence-electron chi connectivity index (χ4n) is 1.21. The summed E-state index contributed by atoms with van der Waals surface area (Å²) >= 11 is 1.87. The van der Waals surface area contributed by atoms with E-state index in [9.17, 15) is 0 Å². The second kappa shape index (κ2) is 5.99. The molecule has 0 aliphatic heterocycles. The van der Waals surface area contributed by atoms with Gasteiger partial charge < -0.3 is 5.73 Å². The molecule has 0 spiro atoms. The number of hydrogen-bond donors (Lipinski definition) is 1. The summed E-state index contributed by atoms with van der Waals surface area (Å²) in [6.07, 6.45) is 1.08. The normalized spacial score (nSPS) is 12.5. The quantitative estimate of drug-likeness (QED) is 0.605. The lowest BCUT2D eigenvalue weighted by Crippen LogP contribution is -2.04. The first-order chi connectivity index (χ1) is 7.09. The smallest absolute Gasteiger partial charge is 0.0266 e. The van der Waals surface area contributed by atoms with Crippen LogP contribution in [0.5, 0.6) is 0 Å². The lowest BCUT2D eigenvalue weighted by Gasteiger charge is -2.06. The van der Waals surface area contributed by atoms with E-state index >= 15 is 0 Å². The molecule has 15 heavy (non-hydrogen) atoms. The van der Waals surface area contributed by atoms with Crippen molar-refractivity contribution in [2.24, 2.45) is 5.73 Å². The molecule has 2 N–H and O–H groups in total. The maximum Gasteiger partial charge on any atom is 0.0266 e. The summed E-state index contributed by atoms with van der Waals surface area (Å²) in [6.45, 7) is 7.97.